The van der Waals surface area contributed by atoms with E-state index in [0.717, 1.165) is 4.57 Å². The largest absolute Gasteiger partial charge is 0.358 e. The summed E-state index contributed by atoms with van der Waals surface area (Å²) in [6.07, 6.45) is 1.37. The molecule has 2 heterocycles. The summed E-state index contributed by atoms with van der Waals surface area (Å²) in [5.41, 5.74) is 0.588. The highest BCUT2D eigenvalue weighted by Crippen LogP contribution is 2.21. The van der Waals surface area contributed by atoms with Gasteiger partial charge in [-0.1, -0.05) is 0 Å². The minimum Gasteiger partial charge on any atom is -0.358 e. The van der Waals surface area contributed by atoms with Gasteiger partial charge in [-0.15, -0.1) is 0 Å². The van der Waals surface area contributed by atoms with E-state index >= 15 is 0 Å². The van der Waals surface area contributed by atoms with Crippen LogP contribution in [0.25, 0.3) is 0 Å². The van der Waals surface area contributed by atoms with E-state index in [-0.39, 0.29) is 18.2 Å². The van der Waals surface area contributed by atoms with Crippen molar-refractivity contribution < 1.29 is 8.78 Å². The van der Waals surface area contributed by atoms with Crippen LogP contribution in [0.4, 0.5) is 14.6 Å². The van der Waals surface area contributed by atoms with Crippen molar-refractivity contribution in [1.82, 2.24) is 14.5 Å². The number of nitriles is 2. The lowest BCUT2D eigenvalue weighted by Crippen LogP contribution is -2.46. The normalized spacial score (nSPS) is 13.9. The highest BCUT2D eigenvalue weighted by molar-refractivity contribution is 5.43. The lowest BCUT2D eigenvalue weighted by molar-refractivity contribution is 0.408. The van der Waals surface area contributed by atoms with Crippen LogP contribution < -0.4 is 21.5 Å². The summed E-state index contributed by atoms with van der Waals surface area (Å²) >= 11 is 0. The number of benzene rings is 2. The van der Waals surface area contributed by atoms with Gasteiger partial charge in [-0.2, -0.15) is 10.5 Å². The molecule has 0 spiro atoms. The van der Waals surface area contributed by atoms with Gasteiger partial charge in [-0.3, -0.25) is 13.9 Å². The molecule has 0 radical (unpaired) electrons. The maximum absolute atomic E-state index is 13.9. The van der Waals surface area contributed by atoms with Gasteiger partial charge in [0.25, 0.3) is 5.56 Å². The summed E-state index contributed by atoms with van der Waals surface area (Å²) in [6.45, 7) is 1.36. The van der Waals surface area contributed by atoms with Gasteiger partial charge in [-0.25, -0.2) is 13.6 Å². The molecule has 184 valence electrons. The number of aromatic nitrogens is 2. The molecule has 1 aromatic heterocycles. The van der Waals surface area contributed by atoms with E-state index in [0.29, 0.717) is 55.0 Å². The first-order valence-electron chi connectivity index (χ1n) is 11.5. The number of nitrogens with zero attached hydrogens (tertiary/aromatic N) is 5. The Morgan fingerprint density at radius 1 is 0.944 bits per heavy atom. The zero-order valence-electron chi connectivity index (χ0n) is 19.7. The number of hydrogen-bond acceptors (Lipinski definition) is 6. The summed E-state index contributed by atoms with van der Waals surface area (Å²) in [6, 6.07) is 13.4. The van der Waals surface area contributed by atoms with Crippen molar-refractivity contribution in [2.75, 3.05) is 18.0 Å². The fraction of sp³-hybridized carbons (Fsp3) is 0.308. The van der Waals surface area contributed by atoms with Crippen LogP contribution in [0.3, 0.4) is 0 Å². The van der Waals surface area contributed by atoms with Crippen molar-refractivity contribution in [1.29, 1.82) is 10.5 Å². The van der Waals surface area contributed by atoms with Crippen molar-refractivity contribution in [2.24, 2.45) is 7.05 Å². The summed E-state index contributed by atoms with van der Waals surface area (Å²) in [5, 5.41) is 22.0. The average molecular weight is 491 g/mol. The van der Waals surface area contributed by atoms with Gasteiger partial charge < -0.3 is 10.2 Å². The molecule has 1 aliphatic rings. The number of halogens is 2. The SMILES string of the molecule is Cn1c(=O)cc(N2CCC(NCc3cc(F)ccc3C#N)CC2)n(Cc2cc(F)ccc2C#N)c1=O. The standard InChI is InChI=1S/C26H24F2N6O2/c1-32-25(35)12-24(34(26(32)36)16-20-11-22(28)5-3-18(20)14-30)33-8-6-23(7-9-33)31-15-19-10-21(27)4-2-17(19)13-29/h2-5,10-12,23,31H,6-9,15-16H2,1H3. The van der Waals surface area contributed by atoms with Gasteiger partial charge in [-0.05, 0) is 60.4 Å². The van der Waals surface area contributed by atoms with E-state index in [9.17, 15) is 28.9 Å². The molecule has 4 rings (SSSR count). The maximum atomic E-state index is 13.9. The van der Waals surface area contributed by atoms with Crippen LogP contribution >= 0.6 is 0 Å². The smallest absolute Gasteiger partial charge is 0.332 e. The van der Waals surface area contributed by atoms with E-state index in [1.54, 1.807) is 0 Å². The molecule has 0 unspecified atom stereocenters. The zero-order valence-corrected chi connectivity index (χ0v) is 19.7. The number of rotatable bonds is 6. The van der Waals surface area contributed by atoms with Gasteiger partial charge in [0.15, 0.2) is 0 Å². The minimum atomic E-state index is -0.555. The minimum absolute atomic E-state index is 0.0579. The molecular weight excluding hydrogens is 466 g/mol. The van der Waals surface area contributed by atoms with Crippen molar-refractivity contribution in [3.05, 3.63) is 97.2 Å². The third-order valence-electron chi connectivity index (χ3n) is 6.48. The number of hydrogen-bond donors (Lipinski definition) is 1. The Morgan fingerprint density at radius 2 is 1.53 bits per heavy atom. The van der Waals surface area contributed by atoms with E-state index in [1.165, 1.54) is 54.1 Å². The second-order valence-electron chi connectivity index (χ2n) is 8.74. The Labute approximate surface area is 206 Å². The quantitative estimate of drug-likeness (QED) is 0.569. The Bertz CT molecular complexity index is 1490. The molecule has 3 aromatic rings. The molecule has 0 aliphatic carbocycles. The molecule has 0 saturated carbocycles. The van der Waals surface area contributed by atoms with Crippen LogP contribution in [0.5, 0.6) is 0 Å². The van der Waals surface area contributed by atoms with E-state index in [4.69, 9.17) is 0 Å². The Morgan fingerprint density at radius 3 is 2.14 bits per heavy atom. The predicted octanol–water partition coefficient (Wildman–Crippen LogP) is 2.38. The molecule has 36 heavy (non-hydrogen) atoms. The van der Waals surface area contributed by atoms with Gasteiger partial charge >= 0.3 is 5.69 Å². The molecule has 8 nitrogen and oxygen atoms in total. The molecule has 1 N–H and O–H groups in total. The molecule has 0 amide bonds. The number of anilines is 1. The van der Waals surface area contributed by atoms with Crippen molar-refractivity contribution in [3.63, 3.8) is 0 Å². The average Bonchev–Trinajstić information content (AvgIpc) is 2.88. The molecular formula is C26H24F2N6O2. The first kappa shape index (κ1) is 24.8. The second-order valence-corrected chi connectivity index (χ2v) is 8.74. The second kappa shape index (κ2) is 10.5. The lowest BCUT2D eigenvalue weighted by Gasteiger charge is -2.35. The van der Waals surface area contributed by atoms with Crippen LogP contribution in [0.2, 0.25) is 0 Å². The van der Waals surface area contributed by atoms with Crippen LogP contribution in [-0.2, 0) is 20.1 Å². The number of nitrogens with one attached hydrogen (secondary N) is 1. The highest BCUT2D eigenvalue weighted by atomic mass is 19.1. The van der Waals surface area contributed by atoms with Crippen molar-refractivity contribution in [2.45, 2.75) is 32.0 Å². The topological polar surface area (TPSA) is 107 Å². The zero-order chi connectivity index (χ0) is 25.8. The van der Waals surface area contributed by atoms with Crippen LogP contribution in [0.1, 0.15) is 35.1 Å². The van der Waals surface area contributed by atoms with Crippen molar-refractivity contribution >= 4 is 5.82 Å². The van der Waals surface area contributed by atoms with Crippen LogP contribution in [0, 0.1) is 34.3 Å². The van der Waals surface area contributed by atoms with Gasteiger partial charge in [0.2, 0.25) is 0 Å². The molecule has 10 heteroatoms. The first-order valence-corrected chi connectivity index (χ1v) is 11.5. The van der Waals surface area contributed by atoms with E-state index < -0.39 is 22.9 Å². The van der Waals surface area contributed by atoms with Crippen LogP contribution in [-0.4, -0.2) is 28.3 Å². The molecule has 2 aromatic carbocycles. The third kappa shape index (κ3) is 5.19. The van der Waals surface area contributed by atoms with Crippen molar-refractivity contribution in [3.8, 4) is 12.1 Å². The monoisotopic (exact) mass is 490 g/mol. The molecule has 1 saturated heterocycles. The van der Waals surface area contributed by atoms with Gasteiger partial charge in [0.1, 0.15) is 17.5 Å². The summed E-state index contributed by atoms with van der Waals surface area (Å²) < 4.78 is 29.9. The summed E-state index contributed by atoms with van der Waals surface area (Å²) in [5.74, 6) is -0.512. The molecule has 0 bridgehead atoms. The predicted molar refractivity (Wildman–Crippen MR) is 129 cm³/mol. The fourth-order valence-electron chi connectivity index (χ4n) is 4.43. The maximum Gasteiger partial charge on any atom is 0.332 e. The third-order valence-corrected chi connectivity index (χ3v) is 6.48. The molecule has 1 fully saturated rings. The fourth-order valence-corrected chi connectivity index (χ4v) is 4.43. The highest BCUT2D eigenvalue weighted by Gasteiger charge is 2.23. The van der Waals surface area contributed by atoms with E-state index in [2.05, 4.69) is 11.4 Å². The summed E-state index contributed by atoms with van der Waals surface area (Å²) in [7, 11) is 1.37. The van der Waals surface area contributed by atoms with E-state index in [1.807, 2.05) is 11.0 Å². The summed E-state index contributed by atoms with van der Waals surface area (Å²) in [4.78, 5) is 27.4. The van der Waals surface area contributed by atoms with Crippen LogP contribution in [0.15, 0.2) is 52.1 Å². The Kier molecular flexibility index (Phi) is 7.28. The number of piperidine rings is 1. The first-order chi connectivity index (χ1) is 17.3. The Hall–Kier alpha value is -4.28. The molecule has 1 aliphatic heterocycles. The molecule has 0 atom stereocenters. The lowest BCUT2D eigenvalue weighted by atomic mass is 10.0. The van der Waals surface area contributed by atoms with Gasteiger partial charge in [0, 0.05) is 38.8 Å². The Balaban J connectivity index is 1.53. The van der Waals surface area contributed by atoms with Gasteiger partial charge in [0.05, 0.1) is 29.8 Å².